The summed E-state index contributed by atoms with van der Waals surface area (Å²) in [5, 5.41) is 64.8. The van der Waals surface area contributed by atoms with Gasteiger partial charge in [0, 0.05) is 0 Å². The number of rotatable bonds is 6. The van der Waals surface area contributed by atoms with Crippen LogP contribution in [0.4, 0.5) is 0 Å². The zero-order valence-electron chi connectivity index (χ0n) is 10.7. The number of aliphatic hydroxyl groups excluding tert-OH is 7. The molecule has 1 saturated carbocycles. The van der Waals surface area contributed by atoms with Crippen molar-refractivity contribution in [3.63, 3.8) is 0 Å². The van der Waals surface area contributed by atoms with Gasteiger partial charge in [0.05, 0.1) is 13.2 Å². The molecule has 1 fully saturated rings. The van der Waals surface area contributed by atoms with Crippen molar-refractivity contribution in [3.05, 3.63) is 0 Å². The average molecular weight is 334 g/mol. The lowest BCUT2D eigenvalue weighted by Crippen LogP contribution is -2.64. The van der Waals surface area contributed by atoms with Gasteiger partial charge in [0.2, 0.25) is 0 Å². The maximum atomic E-state index is 11.6. The second-order valence-corrected chi connectivity index (χ2v) is 6.03. The highest BCUT2D eigenvalue weighted by Gasteiger charge is 2.51. The highest BCUT2D eigenvalue weighted by Crippen LogP contribution is 2.46. The standard InChI is InChI=1S/C9H19O11P/c10-1-3(11)2-19-21(17,18)20-9-7(15)5(13)4(12)6(14)8(9)16/h3-16H,1-2H2,(H,17,18)/t3-,4?,5-,6+,7-,8-,9?/m0/s1. The van der Waals surface area contributed by atoms with Gasteiger partial charge in [0.1, 0.15) is 42.7 Å². The second kappa shape index (κ2) is 7.40. The molecule has 12 heteroatoms. The Morgan fingerprint density at radius 2 is 1.38 bits per heavy atom. The van der Waals surface area contributed by atoms with E-state index in [1.165, 1.54) is 0 Å². The Hall–Kier alpha value is -0.170. The van der Waals surface area contributed by atoms with Gasteiger partial charge in [-0.2, -0.15) is 0 Å². The minimum atomic E-state index is -4.87. The van der Waals surface area contributed by atoms with E-state index in [0.29, 0.717) is 0 Å². The molecular weight excluding hydrogens is 315 g/mol. The van der Waals surface area contributed by atoms with Crippen molar-refractivity contribution in [1.82, 2.24) is 0 Å². The number of phosphoric ester groups is 1. The Kier molecular flexibility index (Phi) is 6.65. The van der Waals surface area contributed by atoms with Gasteiger partial charge in [-0.15, -0.1) is 0 Å². The van der Waals surface area contributed by atoms with Crippen LogP contribution in [-0.4, -0.2) is 96.6 Å². The summed E-state index contributed by atoms with van der Waals surface area (Å²) in [6.45, 7) is -1.50. The molecule has 0 aromatic rings. The van der Waals surface area contributed by atoms with Crippen molar-refractivity contribution in [2.75, 3.05) is 13.2 Å². The Bertz CT molecular complexity index is 363. The van der Waals surface area contributed by atoms with Crippen molar-refractivity contribution in [3.8, 4) is 0 Å². The van der Waals surface area contributed by atoms with Gasteiger partial charge in [-0.1, -0.05) is 0 Å². The maximum absolute atomic E-state index is 11.6. The van der Waals surface area contributed by atoms with E-state index in [0.717, 1.165) is 0 Å². The summed E-state index contributed by atoms with van der Waals surface area (Å²) in [6, 6.07) is 0. The first-order valence-electron chi connectivity index (χ1n) is 5.95. The van der Waals surface area contributed by atoms with Crippen LogP contribution in [0.3, 0.4) is 0 Å². The van der Waals surface area contributed by atoms with E-state index in [2.05, 4.69) is 9.05 Å². The van der Waals surface area contributed by atoms with Crippen molar-refractivity contribution in [2.24, 2.45) is 0 Å². The maximum Gasteiger partial charge on any atom is 0.472 e. The Morgan fingerprint density at radius 1 is 0.952 bits per heavy atom. The third-order valence-electron chi connectivity index (χ3n) is 2.97. The molecule has 0 spiro atoms. The SMILES string of the molecule is O=P(O)(OC[C@@H](O)CO)OC1[C@@H](O)[C@H](O)C(O)[C@H](O)[C@@H]1O. The predicted octanol–water partition coefficient (Wildman–Crippen LogP) is -4.34. The lowest BCUT2D eigenvalue weighted by Gasteiger charge is -2.41. The Morgan fingerprint density at radius 3 is 1.81 bits per heavy atom. The Balaban J connectivity index is 2.72. The van der Waals surface area contributed by atoms with E-state index in [1.54, 1.807) is 0 Å². The molecule has 1 rings (SSSR count). The molecule has 0 radical (unpaired) electrons. The first kappa shape index (κ1) is 18.9. The summed E-state index contributed by atoms with van der Waals surface area (Å²) in [7, 11) is -4.87. The highest BCUT2D eigenvalue weighted by atomic mass is 31.2. The van der Waals surface area contributed by atoms with Crippen LogP contribution < -0.4 is 0 Å². The molecule has 1 aliphatic rings. The molecule has 1 aliphatic carbocycles. The topological polar surface area (TPSA) is 197 Å². The fourth-order valence-corrected chi connectivity index (χ4v) is 2.72. The van der Waals surface area contributed by atoms with E-state index < -0.39 is 63.8 Å². The minimum Gasteiger partial charge on any atom is -0.394 e. The molecule has 0 saturated heterocycles. The molecule has 8 N–H and O–H groups in total. The van der Waals surface area contributed by atoms with Crippen LogP contribution in [0, 0.1) is 0 Å². The van der Waals surface area contributed by atoms with Crippen LogP contribution >= 0.6 is 7.82 Å². The fraction of sp³-hybridized carbons (Fsp3) is 1.00. The van der Waals surface area contributed by atoms with Crippen LogP contribution in [0.2, 0.25) is 0 Å². The van der Waals surface area contributed by atoms with Crippen LogP contribution in [0.1, 0.15) is 0 Å². The smallest absolute Gasteiger partial charge is 0.394 e. The Labute approximate surface area is 119 Å². The zero-order valence-corrected chi connectivity index (χ0v) is 11.6. The monoisotopic (exact) mass is 334 g/mol. The molecule has 0 amide bonds. The molecule has 0 heterocycles. The van der Waals surface area contributed by atoms with Crippen LogP contribution in [0.25, 0.3) is 0 Å². The van der Waals surface area contributed by atoms with Crippen LogP contribution in [0.15, 0.2) is 0 Å². The summed E-state index contributed by atoms with van der Waals surface area (Å²) in [5.74, 6) is 0. The molecule has 0 aromatic heterocycles. The van der Waals surface area contributed by atoms with Gasteiger partial charge in [-0.05, 0) is 0 Å². The molecule has 11 nitrogen and oxygen atoms in total. The highest BCUT2D eigenvalue weighted by molar-refractivity contribution is 7.47. The van der Waals surface area contributed by atoms with Crippen molar-refractivity contribution in [1.29, 1.82) is 0 Å². The summed E-state index contributed by atoms with van der Waals surface area (Å²) in [5.41, 5.74) is 0. The number of hydrogen-bond donors (Lipinski definition) is 8. The fourth-order valence-electron chi connectivity index (χ4n) is 1.74. The van der Waals surface area contributed by atoms with E-state index in [-0.39, 0.29) is 0 Å². The van der Waals surface area contributed by atoms with Gasteiger partial charge in [-0.25, -0.2) is 4.57 Å². The molecule has 0 bridgehead atoms. The number of aliphatic hydroxyl groups is 7. The summed E-state index contributed by atoms with van der Waals surface area (Å²) in [6.07, 6.45) is -13.0. The number of phosphoric acid groups is 1. The van der Waals surface area contributed by atoms with Crippen molar-refractivity contribution >= 4 is 7.82 Å². The lowest BCUT2D eigenvalue weighted by atomic mass is 9.85. The van der Waals surface area contributed by atoms with Gasteiger partial charge in [-0.3, -0.25) is 9.05 Å². The third-order valence-corrected chi connectivity index (χ3v) is 3.95. The summed E-state index contributed by atoms with van der Waals surface area (Å²) < 4.78 is 20.3. The van der Waals surface area contributed by atoms with Gasteiger partial charge < -0.3 is 40.6 Å². The minimum absolute atomic E-state index is 0.738. The molecular formula is C9H19O11P. The zero-order chi connectivity index (χ0) is 16.4. The van der Waals surface area contributed by atoms with Gasteiger partial charge in [0.15, 0.2) is 0 Å². The third kappa shape index (κ3) is 4.65. The molecule has 8 atom stereocenters. The van der Waals surface area contributed by atoms with Crippen molar-refractivity contribution < 1.29 is 54.3 Å². The first-order valence-corrected chi connectivity index (χ1v) is 7.45. The lowest BCUT2D eigenvalue weighted by molar-refractivity contribution is -0.220. The van der Waals surface area contributed by atoms with Crippen LogP contribution in [-0.2, 0) is 13.6 Å². The van der Waals surface area contributed by atoms with Crippen LogP contribution in [0.5, 0.6) is 0 Å². The predicted molar refractivity (Wildman–Crippen MR) is 63.8 cm³/mol. The largest absolute Gasteiger partial charge is 0.472 e. The number of hydrogen-bond acceptors (Lipinski definition) is 10. The van der Waals surface area contributed by atoms with Gasteiger partial charge >= 0.3 is 7.82 Å². The van der Waals surface area contributed by atoms with Crippen molar-refractivity contribution in [2.45, 2.75) is 42.7 Å². The van der Waals surface area contributed by atoms with E-state index in [4.69, 9.17) is 10.2 Å². The summed E-state index contributed by atoms with van der Waals surface area (Å²) in [4.78, 5) is 9.36. The molecule has 0 aliphatic heterocycles. The quantitative estimate of drug-likeness (QED) is 0.218. The van der Waals surface area contributed by atoms with E-state index >= 15 is 0 Å². The average Bonchev–Trinajstić information content (AvgIpc) is 2.45. The van der Waals surface area contributed by atoms with Gasteiger partial charge in [0.25, 0.3) is 0 Å². The first-order chi connectivity index (χ1) is 9.60. The molecule has 126 valence electrons. The summed E-state index contributed by atoms with van der Waals surface area (Å²) >= 11 is 0. The molecule has 3 unspecified atom stereocenters. The van der Waals surface area contributed by atoms with E-state index in [1.807, 2.05) is 0 Å². The van der Waals surface area contributed by atoms with E-state index in [9.17, 15) is 35.0 Å². The molecule has 21 heavy (non-hydrogen) atoms. The second-order valence-electron chi connectivity index (χ2n) is 4.62. The normalized spacial score (nSPS) is 41.5. The molecule has 0 aromatic carbocycles.